The van der Waals surface area contributed by atoms with Crippen molar-refractivity contribution in [2.45, 2.75) is 33.1 Å². The molecule has 3 nitrogen and oxygen atoms in total. The minimum absolute atomic E-state index is 0.200. The summed E-state index contributed by atoms with van der Waals surface area (Å²) < 4.78 is 0.523. The Hall–Kier alpha value is -1.55. The van der Waals surface area contributed by atoms with Gasteiger partial charge in [-0.25, -0.2) is 0 Å². The number of para-hydroxylation sites is 2. The monoisotopic (exact) mass is 379 g/mol. The van der Waals surface area contributed by atoms with E-state index in [0.717, 1.165) is 42.9 Å². The molecule has 0 aliphatic rings. The summed E-state index contributed by atoms with van der Waals surface area (Å²) in [4.78, 5) is 11.6. The number of carbonyl (C=O) groups excluding carboxylic acids is 1. The van der Waals surface area contributed by atoms with E-state index >= 15 is 0 Å². The number of quaternary nitrogens is 1. The Balaban J connectivity index is 2.79. The van der Waals surface area contributed by atoms with Crippen LogP contribution >= 0.6 is 23.2 Å². The SMILES string of the molecule is CCC[N+](CCC)(c1ccccc1CC(N)=O)c1c(Cl)cccc1Cl. The highest BCUT2D eigenvalue weighted by atomic mass is 35.5. The molecular formula is C20H25Cl2N2O+. The third-order valence-electron chi connectivity index (χ3n) is 4.39. The lowest BCUT2D eigenvalue weighted by Crippen LogP contribution is -2.46. The van der Waals surface area contributed by atoms with Crippen LogP contribution in [0.4, 0.5) is 11.4 Å². The third kappa shape index (κ3) is 4.17. The Labute approximate surface area is 159 Å². The minimum atomic E-state index is -0.344. The van der Waals surface area contributed by atoms with Crippen molar-refractivity contribution in [3.8, 4) is 0 Å². The molecule has 25 heavy (non-hydrogen) atoms. The number of nitrogens with two attached hydrogens (primary N) is 1. The smallest absolute Gasteiger partial charge is 0.222 e. The van der Waals surface area contributed by atoms with Gasteiger partial charge in [0.05, 0.1) is 19.5 Å². The van der Waals surface area contributed by atoms with Crippen LogP contribution in [0.25, 0.3) is 0 Å². The van der Waals surface area contributed by atoms with Gasteiger partial charge >= 0.3 is 0 Å². The molecule has 0 aromatic heterocycles. The lowest BCUT2D eigenvalue weighted by Gasteiger charge is -2.39. The molecule has 0 fully saturated rings. The van der Waals surface area contributed by atoms with Crippen molar-refractivity contribution >= 4 is 40.5 Å². The number of hydrogen-bond acceptors (Lipinski definition) is 1. The fraction of sp³-hybridized carbons (Fsp3) is 0.350. The second-order valence-electron chi connectivity index (χ2n) is 6.26. The van der Waals surface area contributed by atoms with Crippen molar-refractivity contribution in [1.29, 1.82) is 0 Å². The molecule has 0 aliphatic carbocycles. The van der Waals surface area contributed by atoms with Crippen molar-refractivity contribution in [2.75, 3.05) is 13.1 Å². The molecule has 0 saturated heterocycles. The molecule has 1 amide bonds. The van der Waals surface area contributed by atoms with E-state index in [1.165, 1.54) is 0 Å². The first-order valence-electron chi connectivity index (χ1n) is 8.64. The molecule has 5 heteroatoms. The fourth-order valence-corrected chi connectivity index (χ4v) is 4.34. The molecule has 2 rings (SSSR count). The van der Waals surface area contributed by atoms with Gasteiger partial charge in [-0.05, 0) is 31.0 Å². The number of primary amides is 1. The van der Waals surface area contributed by atoms with Crippen molar-refractivity contribution in [3.63, 3.8) is 0 Å². The van der Waals surface area contributed by atoms with E-state index in [2.05, 4.69) is 19.9 Å². The maximum Gasteiger partial charge on any atom is 0.222 e. The number of amides is 1. The normalized spacial score (nSPS) is 11.5. The number of rotatable bonds is 8. The summed E-state index contributed by atoms with van der Waals surface area (Å²) in [5, 5.41) is 1.28. The highest BCUT2D eigenvalue weighted by Gasteiger charge is 2.37. The van der Waals surface area contributed by atoms with E-state index in [9.17, 15) is 4.79 Å². The number of hydrogen-bond donors (Lipinski definition) is 1. The lowest BCUT2D eigenvalue weighted by molar-refractivity contribution is -0.117. The molecule has 0 unspecified atom stereocenters. The first kappa shape index (κ1) is 19.8. The Bertz CT molecular complexity index is 720. The summed E-state index contributed by atoms with van der Waals surface area (Å²) in [7, 11) is 0. The Kier molecular flexibility index (Phi) is 6.88. The second kappa shape index (κ2) is 8.70. The number of nitrogens with zero attached hydrogens (tertiary/aromatic N) is 1. The van der Waals surface area contributed by atoms with E-state index in [-0.39, 0.29) is 12.3 Å². The lowest BCUT2D eigenvalue weighted by atomic mass is 10.0. The van der Waals surface area contributed by atoms with Gasteiger partial charge in [0.1, 0.15) is 15.7 Å². The molecule has 0 bridgehead atoms. The van der Waals surface area contributed by atoms with Gasteiger partial charge in [0, 0.05) is 5.56 Å². The summed E-state index contributed by atoms with van der Waals surface area (Å²) in [6.07, 6.45) is 2.10. The van der Waals surface area contributed by atoms with Crippen LogP contribution in [-0.4, -0.2) is 19.0 Å². The van der Waals surface area contributed by atoms with Crippen molar-refractivity contribution in [3.05, 3.63) is 58.1 Å². The van der Waals surface area contributed by atoms with E-state index in [1.807, 2.05) is 36.4 Å². The molecule has 0 spiro atoms. The van der Waals surface area contributed by atoms with Crippen LogP contribution in [0.1, 0.15) is 32.3 Å². The van der Waals surface area contributed by atoms with Crippen molar-refractivity contribution in [1.82, 2.24) is 4.48 Å². The zero-order valence-electron chi connectivity index (χ0n) is 14.8. The molecule has 2 aromatic carbocycles. The van der Waals surface area contributed by atoms with E-state index in [0.29, 0.717) is 14.5 Å². The second-order valence-corrected chi connectivity index (χ2v) is 7.07. The largest absolute Gasteiger partial charge is 0.369 e. The van der Waals surface area contributed by atoms with Crippen LogP contribution in [0.15, 0.2) is 42.5 Å². The quantitative estimate of drug-likeness (QED) is 0.606. The van der Waals surface area contributed by atoms with Crippen molar-refractivity contribution < 1.29 is 4.79 Å². The van der Waals surface area contributed by atoms with Gasteiger partial charge in [0.25, 0.3) is 0 Å². The Morgan fingerprint density at radius 1 is 0.960 bits per heavy atom. The average Bonchev–Trinajstić information content (AvgIpc) is 2.55. The molecule has 0 saturated carbocycles. The standard InChI is InChI=1S/C20H24Cl2N2O/c1-3-12-24(13-4-2,20-16(21)9-7-10-17(20)22)18-11-6-5-8-15(18)14-19(23)25/h5-11H,3-4,12-14H2,1-2H3,(H-,23,25)/p+1. The van der Waals surface area contributed by atoms with Gasteiger partial charge in [-0.15, -0.1) is 0 Å². The summed E-state index contributed by atoms with van der Waals surface area (Å²) >= 11 is 13.2. The first-order valence-corrected chi connectivity index (χ1v) is 9.40. The Morgan fingerprint density at radius 3 is 2.04 bits per heavy atom. The average molecular weight is 380 g/mol. The molecule has 0 atom stereocenters. The number of benzene rings is 2. The highest BCUT2D eigenvalue weighted by Crippen LogP contribution is 2.45. The predicted molar refractivity (Wildman–Crippen MR) is 108 cm³/mol. The summed E-state index contributed by atoms with van der Waals surface area (Å²) in [5.74, 6) is -0.344. The van der Waals surface area contributed by atoms with Gasteiger partial charge in [0.15, 0.2) is 5.69 Å². The molecule has 134 valence electrons. The van der Waals surface area contributed by atoms with Crippen LogP contribution in [0.3, 0.4) is 0 Å². The summed E-state index contributed by atoms with van der Waals surface area (Å²) in [6.45, 7) is 5.97. The summed E-state index contributed by atoms with van der Waals surface area (Å²) in [6, 6.07) is 13.5. The molecule has 2 N–H and O–H groups in total. The van der Waals surface area contributed by atoms with Crippen LogP contribution in [0, 0.1) is 0 Å². The number of halogens is 2. The zero-order chi connectivity index (χ0) is 18.4. The van der Waals surface area contributed by atoms with Gasteiger partial charge in [-0.2, -0.15) is 0 Å². The van der Waals surface area contributed by atoms with Gasteiger partial charge < -0.3 is 5.73 Å². The molecular weight excluding hydrogens is 355 g/mol. The van der Waals surface area contributed by atoms with E-state index in [1.54, 1.807) is 0 Å². The maximum atomic E-state index is 11.6. The molecule has 0 heterocycles. The molecule has 0 aliphatic heterocycles. The predicted octanol–water partition coefficient (Wildman–Crippen LogP) is 5.48. The third-order valence-corrected chi connectivity index (χ3v) is 5.00. The van der Waals surface area contributed by atoms with Gasteiger partial charge in [-0.1, -0.05) is 61.3 Å². The van der Waals surface area contributed by atoms with Gasteiger partial charge in [-0.3, -0.25) is 9.28 Å². The van der Waals surface area contributed by atoms with Crippen LogP contribution in [0.2, 0.25) is 10.0 Å². The van der Waals surface area contributed by atoms with Gasteiger partial charge in [0.2, 0.25) is 5.91 Å². The first-order chi connectivity index (χ1) is 12.0. The Morgan fingerprint density at radius 2 is 1.52 bits per heavy atom. The molecule has 2 aromatic rings. The fourth-order valence-electron chi connectivity index (χ4n) is 3.62. The minimum Gasteiger partial charge on any atom is -0.369 e. The highest BCUT2D eigenvalue weighted by molar-refractivity contribution is 6.39. The van der Waals surface area contributed by atoms with Crippen molar-refractivity contribution in [2.24, 2.45) is 5.73 Å². The van der Waals surface area contributed by atoms with Crippen LogP contribution in [-0.2, 0) is 11.2 Å². The number of carbonyl (C=O) groups is 1. The van der Waals surface area contributed by atoms with Crippen LogP contribution in [0.5, 0.6) is 0 Å². The van der Waals surface area contributed by atoms with E-state index in [4.69, 9.17) is 28.9 Å². The zero-order valence-corrected chi connectivity index (χ0v) is 16.3. The van der Waals surface area contributed by atoms with Crippen LogP contribution < -0.4 is 10.2 Å². The van der Waals surface area contributed by atoms with E-state index < -0.39 is 0 Å². The molecule has 0 radical (unpaired) electrons. The summed E-state index contributed by atoms with van der Waals surface area (Å²) in [5.41, 5.74) is 8.35. The maximum absolute atomic E-state index is 11.6. The topological polar surface area (TPSA) is 43.1 Å².